The van der Waals surface area contributed by atoms with Crippen molar-refractivity contribution in [2.75, 3.05) is 18.5 Å². The molecule has 1 aromatic rings. The van der Waals surface area contributed by atoms with Gasteiger partial charge in [0.05, 0.1) is 19.3 Å². The van der Waals surface area contributed by atoms with Gasteiger partial charge in [-0.3, -0.25) is 4.79 Å². The van der Waals surface area contributed by atoms with Crippen LogP contribution in [-0.4, -0.2) is 36.4 Å². The molecule has 0 bridgehead atoms. The molecular formula is C12H12F2N2O4. The van der Waals surface area contributed by atoms with Crippen LogP contribution in [0.3, 0.4) is 0 Å². The Kier molecular flexibility index (Phi) is 4.14. The maximum atomic E-state index is 13.0. The highest BCUT2D eigenvalue weighted by molar-refractivity contribution is 5.89. The van der Waals surface area contributed by atoms with Gasteiger partial charge in [-0.25, -0.2) is 13.6 Å². The molecule has 1 aliphatic heterocycles. The van der Waals surface area contributed by atoms with Crippen LogP contribution in [0.25, 0.3) is 0 Å². The molecule has 0 spiro atoms. The van der Waals surface area contributed by atoms with Gasteiger partial charge in [-0.2, -0.15) is 0 Å². The summed E-state index contributed by atoms with van der Waals surface area (Å²) in [6, 6.07) is 1.52. The minimum absolute atomic E-state index is 0.0193. The van der Waals surface area contributed by atoms with Crippen LogP contribution in [0.15, 0.2) is 18.2 Å². The van der Waals surface area contributed by atoms with Crippen molar-refractivity contribution in [1.82, 2.24) is 5.32 Å². The van der Waals surface area contributed by atoms with Crippen molar-refractivity contribution in [1.29, 1.82) is 0 Å². The fraction of sp³-hybridized carbons (Fsp3) is 0.333. The summed E-state index contributed by atoms with van der Waals surface area (Å²) < 4.78 is 30.7. The first-order valence-corrected chi connectivity index (χ1v) is 5.80. The Labute approximate surface area is 112 Å². The van der Waals surface area contributed by atoms with Gasteiger partial charge in [0.1, 0.15) is 5.92 Å². The summed E-state index contributed by atoms with van der Waals surface area (Å²) in [6.45, 7) is 0.105. The Morgan fingerprint density at radius 2 is 2.00 bits per heavy atom. The number of anilines is 1. The molecule has 0 saturated carbocycles. The number of hydrogen-bond acceptors (Lipinski definition) is 3. The molecule has 2 atom stereocenters. The average molecular weight is 286 g/mol. The topological polar surface area (TPSA) is 87.7 Å². The van der Waals surface area contributed by atoms with E-state index in [0.717, 1.165) is 12.1 Å². The van der Waals surface area contributed by atoms with Crippen molar-refractivity contribution < 1.29 is 28.2 Å². The van der Waals surface area contributed by atoms with E-state index < -0.39 is 35.6 Å². The first-order chi connectivity index (χ1) is 9.47. The molecule has 2 unspecified atom stereocenters. The van der Waals surface area contributed by atoms with E-state index in [1.807, 2.05) is 0 Å². The summed E-state index contributed by atoms with van der Waals surface area (Å²) >= 11 is 0. The summed E-state index contributed by atoms with van der Waals surface area (Å²) in [6.07, 6.45) is 0. The van der Waals surface area contributed by atoms with Crippen LogP contribution < -0.4 is 10.6 Å². The molecule has 1 fully saturated rings. The SMILES string of the molecule is O=C(Nc1ccc(F)c(F)c1)NC1COCC1C(=O)O. The summed E-state index contributed by atoms with van der Waals surface area (Å²) in [5, 5.41) is 13.6. The summed E-state index contributed by atoms with van der Waals surface area (Å²) in [5.74, 6) is -4.01. The molecule has 1 heterocycles. The number of carboxylic acids is 1. The predicted octanol–water partition coefficient (Wildman–Crippen LogP) is 1.19. The summed E-state index contributed by atoms with van der Waals surface area (Å²) in [7, 11) is 0. The van der Waals surface area contributed by atoms with Crippen LogP contribution in [0.1, 0.15) is 0 Å². The quantitative estimate of drug-likeness (QED) is 0.778. The molecule has 2 amide bonds. The smallest absolute Gasteiger partial charge is 0.319 e. The lowest BCUT2D eigenvalue weighted by molar-refractivity contribution is -0.142. The second-order valence-corrected chi connectivity index (χ2v) is 4.32. The number of hydrogen-bond donors (Lipinski definition) is 3. The fourth-order valence-corrected chi connectivity index (χ4v) is 1.85. The highest BCUT2D eigenvalue weighted by Crippen LogP contribution is 2.15. The monoisotopic (exact) mass is 286 g/mol. The average Bonchev–Trinajstić information content (AvgIpc) is 2.82. The number of carbonyl (C=O) groups is 2. The Hall–Kier alpha value is -2.22. The largest absolute Gasteiger partial charge is 0.481 e. The predicted molar refractivity (Wildman–Crippen MR) is 64.2 cm³/mol. The third-order valence-corrected chi connectivity index (χ3v) is 2.89. The first-order valence-electron chi connectivity index (χ1n) is 5.80. The number of rotatable bonds is 3. The van der Waals surface area contributed by atoms with Gasteiger partial charge in [0.15, 0.2) is 11.6 Å². The second kappa shape index (κ2) is 5.83. The summed E-state index contributed by atoms with van der Waals surface area (Å²) in [5.41, 5.74) is 0.0622. The van der Waals surface area contributed by atoms with Crippen LogP contribution in [0.2, 0.25) is 0 Å². The van der Waals surface area contributed by atoms with E-state index in [9.17, 15) is 18.4 Å². The van der Waals surface area contributed by atoms with E-state index >= 15 is 0 Å². The zero-order valence-corrected chi connectivity index (χ0v) is 10.2. The molecule has 3 N–H and O–H groups in total. The number of halogens is 2. The van der Waals surface area contributed by atoms with Crippen molar-refractivity contribution in [2.45, 2.75) is 6.04 Å². The molecule has 20 heavy (non-hydrogen) atoms. The van der Waals surface area contributed by atoms with Crippen molar-refractivity contribution >= 4 is 17.7 Å². The molecule has 1 saturated heterocycles. The van der Waals surface area contributed by atoms with E-state index in [1.165, 1.54) is 6.07 Å². The van der Waals surface area contributed by atoms with E-state index in [-0.39, 0.29) is 18.9 Å². The Balaban J connectivity index is 1.95. The lowest BCUT2D eigenvalue weighted by atomic mass is 10.0. The lowest BCUT2D eigenvalue weighted by Gasteiger charge is -2.16. The molecule has 0 aromatic heterocycles. The van der Waals surface area contributed by atoms with Crippen LogP contribution in [0.5, 0.6) is 0 Å². The maximum absolute atomic E-state index is 13.0. The number of carboxylic acid groups (broad SMARTS) is 1. The molecule has 8 heteroatoms. The van der Waals surface area contributed by atoms with Gasteiger partial charge in [0.25, 0.3) is 0 Å². The van der Waals surface area contributed by atoms with Crippen molar-refractivity contribution in [2.24, 2.45) is 5.92 Å². The minimum Gasteiger partial charge on any atom is -0.481 e. The molecule has 1 aliphatic rings. The number of urea groups is 1. The number of nitrogens with one attached hydrogen (secondary N) is 2. The number of amides is 2. The van der Waals surface area contributed by atoms with E-state index in [4.69, 9.17) is 9.84 Å². The van der Waals surface area contributed by atoms with Crippen LogP contribution >= 0.6 is 0 Å². The third kappa shape index (κ3) is 3.21. The van der Waals surface area contributed by atoms with Gasteiger partial charge < -0.3 is 20.5 Å². The van der Waals surface area contributed by atoms with Gasteiger partial charge in [0, 0.05) is 11.8 Å². The van der Waals surface area contributed by atoms with Crippen LogP contribution in [0.4, 0.5) is 19.3 Å². The highest BCUT2D eigenvalue weighted by Gasteiger charge is 2.35. The molecule has 2 rings (SSSR count). The third-order valence-electron chi connectivity index (χ3n) is 2.89. The Morgan fingerprint density at radius 1 is 1.25 bits per heavy atom. The van der Waals surface area contributed by atoms with Crippen LogP contribution in [-0.2, 0) is 9.53 Å². The zero-order chi connectivity index (χ0) is 14.7. The molecule has 1 aromatic carbocycles. The molecule has 0 aliphatic carbocycles. The van der Waals surface area contributed by atoms with E-state index in [1.54, 1.807) is 0 Å². The zero-order valence-electron chi connectivity index (χ0n) is 10.2. The van der Waals surface area contributed by atoms with Gasteiger partial charge in [-0.15, -0.1) is 0 Å². The van der Waals surface area contributed by atoms with E-state index in [0.29, 0.717) is 0 Å². The molecule has 0 radical (unpaired) electrons. The van der Waals surface area contributed by atoms with Crippen LogP contribution in [0, 0.1) is 17.6 Å². The highest BCUT2D eigenvalue weighted by atomic mass is 19.2. The Bertz CT molecular complexity index is 538. The molecular weight excluding hydrogens is 274 g/mol. The maximum Gasteiger partial charge on any atom is 0.319 e. The molecule has 6 nitrogen and oxygen atoms in total. The van der Waals surface area contributed by atoms with Gasteiger partial charge in [0.2, 0.25) is 0 Å². The number of aliphatic carboxylic acids is 1. The Morgan fingerprint density at radius 3 is 2.65 bits per heavy atom. The number of carbonyl (C=O) groups excluding carboxylic acids is 1. The number of ether oxygens (including phenoxy) is 1. The van der Waals surface area contributed by atoms with Crippen molar-refractivity contribution in [3.63, 3.8) is 0 Å². The minimum atomic E-state index is -1.09. The standard InChI is InChI=1S/C12H12F2N2O4/c13-8-2-1-6(3-9(8)14)15-12(19)16-10-5-20-4-7(10)11(17)18/h1-3,7,10H,4-5H2,(H,17,18)(H2,15,16,19). The number of benzene rings is 1. The fourth-order valence-electron chi connectivity index (χ4n) is 1.85. The summed E-state index contributed by atoms with van der Waals surface area (Å²) in [4.78, 5) is 22.5. The second-order valence-electron chi connectivity index (χ2n) is 4.32. The lowest BCUT2D eigenvalue weighted by Crippen LogP contribution is -2.44. The van der Waals surface area contributed by atoms with E-state index in [2.05, 4.69) is 10.6 Å². The van der Waals surface area contributed by atoms with Gasteiger partial charge in [-0.1, -0.05) is 0 Å². The van der Waals surface area contributed by atoms with Gasteiger partial charge >= 0.3 is 12.0 Å². The van der Waals surface area contributed by atoms with Gasteiger partial charge in [-0.05, 0) is 12.1 Å². The van der Waals surface area contributed by atoms with Crippen molar-refractivity contribution in [3.05, 3.63) is 29.8 Å². The molecule has 108 valence electrons. The van der Waals surface area contributed by atoms with Crippen molar-refractivity contribution in [3.8, 4) is 0 Å². The first kappa shape index (κ1) is 14.2. The normalized spacial score (nSPS) is 21.5.